The molecule has 2 aliphatic heterocycles. The molecular weight excluding hydrogens is 388 g/mol. The maximum absolute atomic E-state index is 12.8. The molecule has 0 aliphatic carbocycles. The first kappa shape index (κ1) is 21.5. The minimum Gasteiger partial charge on any atom is -0.370 e. The highest BCUT2D eigenvalue weighted by molar-refractivity contribution is 6.06. The Morgan fingerprint density at radius 2 is 1.83 bits per heavy atom. The fourth-order valence-corrected chi connectivity index (χ4v) is 3.79. The maximum Gasteiger partial charge on any atom is 0.255 e. The van der Waals surface area contributed by atoms with Crippen LogP contribution in [0.4, 0.5) is 5.69 Å². The van der Waals surface area contributed by atoms with Crippen LogP contribution in [0.15, 0.2) is 18.2 Å². The van der Waals surface area contributed by atoms with Gasteiger partial charge in [0.2, 0.25) is 23.6 Å². The highest BCUT2D eigenvalue weighted by Crippen LogP contribution is 2.29. The number of imide groups is 1. The van der Waals surface area contributed by atoms with Crippen LogP contribution in [-0.4, -0.2) is 40.5 Å². The van der Waals surface area contributed by atoms with E-state index in [1.807, 2.05) is 0 Å². The van der Waals surface area contributed by atoms with Gasteiger partial charge in [-0.15, -0.1) is 0 Å². The van der Waals surface area contributed by atoms with Crippen molar-refractivity contribution >= 4 is 35.2 Å². The lowest BCUT2D eigenvalue weighted by atomic mass is 10.0. The van der Waals surface area contributed by atoms with Crippen LogP contribution in [-0.2, 0) is 25.7 Å². The summed E-state index contributed by atoms with van der Waals surface area (Å²) in [6.07, 6.45) is 4.36. The molecule has 0 saturated carbocycles. The molecule has 2 heterocycles. The molecule has 1 aromatic rings. The van der Waals surface area contributed by atoms with Gasteiger partial charge in [-0.2, -0.15) is 0 Å². The number of benzene rings is 1. The lowest BCUT2D eigenvalue weighted by Gasteiger charge is -2.29. The minimum absolute atomic E-state index is 0.141. The average molecular weight is 414 g/mol. The van der Waals surface area contributed by atoms with Crippen LogP contribution in [0.5, 0.6) is 0 Å². The zero-order valence-corrected chi connectivity index (χ0v) is 16.7. The second kappa shape index (κ2) is 9.51. The molecule has 5 amide bonds. The van der Waals surface area contributed by atoms with E-state index < -0.39 is 11.9 Å². The van der Waals surface area contributed by atoms with Gasteiger partial charge in [-0.25, -0.2) is 0 Å². The Labute approximate surface area is 174 Å². The Hall–Kier alpha value is -3.23. The Kier molecular flexibility index (Phi) is 6.81. The van der Waals surface area contributed by atoms with E-state index >= 15 is 0 Å². The number of nitrogens with one attached hydrogen (secondary N) is 2. The van der Waals surface area contributed by atoms with E-state index in [-0.39, 0.29) is 30.0 Å². The van der Waals surface area contributed by atoms with Crippen LogP contribution in [0.2, 0.25) is 0 Å². The number of carbonyl (C=O) groups is 5. The van der Waals surface area contributed by atoms with E-state index in [1.54, 1.807) is 18.2 Å². The summed E-state index contributed by atoms with van der Waals surface area (Å²) in [6.45, 7) is 0.306. The molecule has 9 nitrogen and oxygen atoms in total. The van der Waals surface area contributed by atoms with Crippen LogP contribution < -0.4 is 16.4 Å². The summed E-state index contributed by atoms with van der Waals surface area (Å²) < 4.78 is 0. The number of amides is 5. The zero-order chi connectivity index (χ0) is 21.7. The van der Waals surface area contributed by atoms with E-state index in [4.69, 9.17) is 5.73 Å². The lowest BCUT2D eigenvalue weighted by molar-refractivity contribution is -0.137. The van der Waals surface area contributed by atoms with Crippen molar-refractivity contribution in [3.63, 3.8) is 0 Å². The number of hydrogen-bond acceptors (Lipinski definition) is 5. The van der Waals surface area contributed by atoms with E-state index in [9.17, 15) is 24.0 Å². The number of carbonyl (C=O) groups excluding carboxylic acids is 5. The van der Waals surface area contributed by atoms with Crippen molar-refractivity contribution in [2.24, 2.45) is 5.73 Å². The van der Waals surface area contributed by atoms with Gasteiger partial charge in [0.15, 0.2) is 0 Å². The van der Waals surface area contributed by atoms with E-state index in [1.165, 1.54) is 4.90 Å². The molecule has 0 aromatic heterocycles. The van der Waals surface area contributed by atoms with Gasteiger partial charge in [-0.3, -0.25) is 29.3 Å². The molecule has 0 bridgehead atoms. The third kappa shape index (κ3) is 5.22. The van der Waals surface area contributed by atoms with Gasteiger partial charge in [0.1, 0.15) is 6.04 Å². The van der Waals surface area contributed by atoms with Crippen molar-refractivity contribution in [1.29, 1.82) is 0 Å². The first-order valence-electron chi connectivity index (χ1n) is 10.2. The average Bonchev–Trinajstić information content (AvgIpc) is 3.00. The summed E-state index contributed by atoms with van der Waals surface area (Å²) in [4.78, 5) is 60.5. The lowest BCUT2D eigenvalue weighted by Crippen LogP contribution is -2.52. The quantitative estimate of drug-likeness (QED) is 0.412. The number of rotatable bonds is 9. The summed E-state index contributed by atoms with van der Waals surface area (Å²) in [5.41, 5.74) is 6.87. The van der Waals surface area contributed by atoms with Gasteiger partial charge in [0, 0.05) is 37.1 Å². The molecule has 9 heteroatoms. The van der Waals surface area contributed by atoms with Gasteiger partial charge in [0.05, 0.1) is 0 Å². The maximum atomic E-state index is 12.8. The van der Waals surface area contributed by atoms with Crippen molar-refractivity contribution < 1.29 is 24.0 Å². The largest absolute Gasteiger partial charge is 0.370 e. The molecule has 4 N–H and O–H groups in total. The molecule has 1 unspecified atom stereocenters. The van der Waals surface area contributed by atoms with Gasteiger partial charge < -0.3 is 16.0 Å². The molecule has 0 radical (unpaired) electrons. The van der Waals surface area contributed by atoms with Crippen molar-refractivity contribution in [2.75, 3.05) is 5.32 Å². The van der Waals surface area contributed by atoms with E-state index in [2.05, 4.69) is 10.6 Å². The third-order valence-electron chi connectivity index (χ3n) is 5.39. The number of nitrogens with two attached hydrogens (primary N) is 1. The molecule has 1 aromatic carbocycles. The first-order chi connectivity index (χ1) is 14.3. The standard InChI is InChI=1S/C21H26N4O5/c22-17(26)5-3-1-2-4-6-18(27)23-14-8-7-13-12-25(21(30)15(13)11-14)16-9-10-19(28)24-20(16)29/h7-8,11,16H,1-6,9-10,12H2,(H2,22,26)(H,23,27)(H,24,28,29). The SMILES string of the molecule is NC(=O)CCCCCCC(=O)Nc1ccc2c(c1)C(=O)N(C1CCC(=O)NC1=O)C2. The smallest absolute Gasteiger partial charge is 0.255 e. The van der Waals surface area contributed by atoms with Crippen molar-refractivity contribution in [1.82, 2.24) is 10.2 Å². The molecule has 160 valence electrons. The van der Waals surface area contributed by atoms with Crippen LogP contribution in [0, 0.1) is 0 Å². The Balaban J connectivity index is 1.51. The van der Waals surface area contributed by atoms with Crippen molar-refractivity contribution in [3.8, 4) is 0 Å². The number of anilines is 1. The molecular formula is C21H26N4O5. The number of piperidine rings is 1. The second-order valence-electron chi connectivity index (χ2n) is 7.70. The van der Waals surface area contributed by atoms with Crippen LogP contribution in [0.1, 0.15) is 67.3 Å². The third-order valence-corrected chi connectivity index (χ3v) is 5.39. The van der Waals surface area contributed by atoms with Gasteiger partial charge in [-0.05, 0) is 37.0 Å². The predicted octanol–water partition coefficient (Wildman–Crippen LogP) is 1.21. The monoisotopic (exact) mass is 414 g/mol. The highest BCUT2D eigenvalue weighted by Gasteiger charge is 2.39. The Morgan fingerprint density at radius 1 is 1.10 bits per heavy atom. The molecule has 30 heavy (non-hydrogen) atoms. The van der Waals surface area contributed by atoms with Gasteiger partial charge in [-0.1, -0.05) is 18.9 Å². The number of hydrogen-bond donors (Lipinski definition) is 3. The van der Waals surface area contributed by atoms with Gasteiger partial charge >= 0.3 is 0 Å². The van der Waals surface area contributed by atoms with Crippen LogP contribution >= 0.6 is 0 Å². The summed E-state index contributed by atoms with van der Waals surface area (Å²) in [5, 5.41) is 5.08. The molecule has 1 atom stereocenters. The second-order valence-corrected chi connectivity index (χ2v) is 7.70. The number of primary amides is 1. The molecule has 1 fully saturated rings. The van der Waals surface area contributed by atoms with Crippen molar-refractivity contribution in [2.45, 2.75) is 64.0 Å². The number of fused-ring (bicyclic) bond motifs is 1. The van der Waals surface area contributed by atoms with Crippen LogP contribution in [0.3, 0.4) is 0 Å². The molecule has 3 rings (SSSR count). The predicted molar refractivity (Wildman–Crippen MR) is 108 cm³/mol. The zero-order valence-electron chi connectivity index (χ0n) is 16.7. The summed E-state index contributed by atoms with van der Waals surface area (Å²) in [5.74, 6) is -1.49. The van der Waals surface area contributed by atoms with Crippen molar-refractivity contribution in [3.05, 3.63) is 29.3 Å². The van der Waals surface area contributed by atoms with E-state index in [0.717, 1.165) is 24.8 Å². The van der Waals surface area contributed by atoms with Crippen LogP contribution in [0.25, 0.3) is 0 Å². The summed E-state index contributed by atoms with van der Waals surface area (Å²) in [7, 11) is 0. The minimum atomic E-state index is -0.657. The van der Waals surface area contributed by atoms with E-state index in [0.29, 0.717) is 43.5 Å². The Morgan fingerprint density at radius 3 is 2.53 bits per heavy atom. The first-order valence-corrected chi connectivity index (χ1v) is 10.2. The molecule has 2 aliphatic rings. The topological polar surface area (TPSA) is 139 Å². The number of unbranched alkanes of at least 4 members (excludes halogenated alkanes) is 3. The fraction of sp³-hybridized carbons (Fsp3) is 0.476. The molecule has 0 spiro atoms. The summed E-state index contributed by atoms with van der Waals surface area (Å²) in [6, 6.07) is 4.49. The molecule has 1 saturated heterocycles. The fourth-order valence-electron chi connectivity index (χ4n) is 3.79. The highest BCUT2D eigenvalue weighted by atomic mass is 16.2. The van der Waals surface area contributed by atoms with Gasteiger partial charge in [0.25, 0.3) is 5.91 Å². The summed E-state index contributed by atoms with van der Waals surface area (Å²) >= 11 is 0. The number of nitrogens with zero attached hydrogens (tertiary/aromatic N) is 1. The normalized spacial score (nSPS) is 18.2. The Bertz CT molecular complexity index is 882.